The topological polar surface area (TPSA) is 84.3 Å². The second kappa shape index (κ2) is 6.91. The van der Waals surface area contributed by atoms with E-state index in [2.05, 4.69) is 10.6 Å². The van der Waals surface area contributed by atoms with E-state index in [4.69, 9.17) is 11.6 Å². The number of carbonyl (C=O) groups is 1. The summed E-state index contributed by atoms with van der Waals surface area (Å²) in [5, 5.41) is 16.1. The first kappa shape index (κ1) is 15.8. The number of carbonyl (C=O) groups excluding carboxylic acids is 1. The molecule has 2 rings (SSSR count). The van der Waals surface area contributed by atoms with Crippen LogP contribution in [0.3, 0.4) is 0 Å². The minimum Gasteiger partial charge on any atom is -0.331 e. The Morgan fingerprint density at radius 1 is 1.23 bits per heavy atom. The lowest BCUT2D eigenvalue weighted by molar-refractivity contribution is -0.384. The highest BCUT2D eigenvalue weighted by Crippen LogP contribution is 2.27. The van der Waals surface area contributed by atoms with Gasteiger partial charge < -0.3 is 10.6 Å². The summed E-state index contributed by atoms with van der Waals surface area (Å²) in [7, 11) is 0. The number of anilines is 1. The Morgan fingerprint density at radius 3 is 2.55 bits per heavy atom. The van der Waals surface area contributed by atoms with Crippen LogP contribution in [0.2, 0.25) is 5.02 Å². The molecule has 0 fully saturated rings. The highest BCUT2D eigenvalue weighted by atomic mass is 35.5. The molecule has 0 saturated carbocycles. The fourth-order valence-corrected chi connectivity index (χ4v) is 2.11. The lowest BCUT2D eigenvalue weighted by Gasteiger charge is -2.15. The van der Waals surface area contributed by atoms with Crippen molar-refractivity contribution in [2.45, 2.75) is 13.0 Å². The number of hydrogen-bond donors (Lipinski definition) is 2. The molecule has 0 aliphatic rings. The van der Waals surface area contributed by atoms with Gasteiger partial charge >= 0.3 is 6.03 Å². The third-order valence-electron chi connectivity index (χ3n) is 3.05. The molecule has 0 aromatic heterocycles. The monoisotopic (exact) mass is 319 g/mol. The first-order valence-corrected chi connectivity index (χ1v) is 6.91. The van der Waals surface area contributed by atoms with Crippen LogP contribution in [0.4, 0.5) is 16.2 Å². The molecule has 0 heterocycles. The molecule has 0 aliphatic carbocycles. The molecule has 7 heteroatoms. The van der Waals surface area contributed by atoms with E-state index >= 15 is 0 Å². The van der Waals surface area contributed by atoms with Crippen LogP contribution in [0, 0.1) is 10.1 Å². The van der Waals surface area contributed by atoms with E-state index in [-0.39, 0.29) is 16.8 Å². The second-order valence-electron chi connectivity index (χ2n) is 4.65. The predicted octanol–water partition coefficient (Wildman–Crippen LogP) is 4.13. The molecule has 114 valence electrons. The molecule has 1 unspecified atom stereocenters. The summed E-state index contributed by atoms with van der Waals surface area (Å²) in [5.41, 5.74) is 1.00. The number of benzene rings is 2. The summed E-state index contributed by atoms with van der Waals surface area (Å²) in [6, 6.07) is 12.9. The normalized spacial score (nSPS) is 11.5. The van der Waals surface area contributed by atoms with Gasteiger partial charge in [0, 0.05) is 11.8 Å². The van der Waals surface area contributed by atoms with Gasteiger partial charge in [-0.15, -0.1) is 0 Å². The highest BCUT2D eigenvalue weighted by molar-refractivity contribution is 6.32. The fraction of sp³-hybridized carbons (Fsp3) is 0.133. The largest absolute Gasteiger partial charge is 0.331 e. The Morgan fingerprint density at radius 2 is 1.91 bits per heavy atom. The van der Waals surface area contributed by atoms with E-state index in [0.717, 1.165) is 5.56 Å². The number of nitro groups is 1. The molecule has 0 radical (unpaired) electrons. The quantitative estimate of drug-likeness (QED) is 0.656. The first-order valence-electron chi connectivity index (χ1n) is 6.54. The zero-order chi connectivity index (χ0) is 16.1. The average Bonchev–Trinajstić information content (AvgIpc) is 2.49. The van der Waals surface area contributed by atoms with E-state index < -0.39 is 11.0 Å². The van der Waals surface area contributed by atoms with Crippen LogP contribution in [-0.4, -0.2) is 11.0 Å². The number of rotatable bonds is 4. The van der Waals surface area contributed by atoms with Crippen molar-refractivity contribution in [3.63, 3.8) is 0 Å². The van der Waals surface area contributed by atoms with Gasteiger partial charge in [-0.25, -0.2) is 4.79 Å². The van der Waals surface area contributed by atoms with Crippen molar-refractivity contribution in [2.75, 3.05) is 5.32 Å². The van der Waals surface area contributed by atoms with Gasteiger partial charge in [0.05, 0.1) is 11.0 Å². The van der Waals surface area contributed by atoms with Gasteiger partial charge in [0.15, 0.2) is 0 Å². The van der Waals surface area contributed by atoms with Gasteiger partial charge in [0.25, 0.3) is 5.69 Å². The molecule has 2 aromatic carbocycles. The average molecular weight is 320 g/mol. The number of amides is 2. The molecule has 2 amide bonds. The Hall–Kier alpha value is -2.60. The maximum Gasteiger partial charge on any atom is 0.319 e. The first-order chi connectivity index (χ1) is 10.5. The lowest BCUT2D eigenvalue weighted by atomic mass is 10.1. The smallest absolute Gasteiger partial charge is 0.319 e. The molecule has 0 spiro atoms. The lowest BCUT2D eigenvalue weighted by Crippen LogP contribution is -2.31. The van der Waals surface area contributed by atoms with Crippen molar-refractivity contribution in [2.24, 2.45) is 0 Å². The zero-order valence-corrected chi connectivity index (χ0v) is 12.5. The minimum absolute atomic E-state index is 0.0219. The van der Waals surface area contributed by atoms with Crippen LogP contribution < -0.4 is 10.6 Å². The van der Waals surface area contributed by atoms with Crippen molar-refractivity contribution >= 4 is 29.0 Å². The van der Waals surface area contributed by atoms with Gasteiger partial charge in [-0.2, -0.15) is 0 Å². The summed E-state index contributed by atoms with van der Waals surface area (Å²) in [6.45, 7) is 1.85. The number of urea groups is 1. The molecule has 2 aromatic rings. The maximum atomic E-state index is 11.9. The third kappa shape index (κ3) is 3.95. The number of nitrogens with one attached hydrogen (secondary N) is 2. The van der Waals surface area contributed by atoms with Crippen LogP contribution >= 0.6 is 11.6 Å². The van der Waals surface area contributed by atoms with Crippen LogP contribution in [0.25, 0.3) is 0 Å². The minimum atomic E-state index is -0.599. The van der Waals surface area contributed by atoms with Crippen molar-refractivity contribution in [1.29, 1.82) is 0 Å². The second-order valence-corrected chi connectivity index (χ2v) is 5.06. The van der Waals surface area contributed by atoms with E-state index in [9.17, 15) is 14.9 Å². The summed E-state index contributed by atoms with van der Waals surface area (Å²) < 4.78 is 0. The van der Waals surface area contributed by atoms with Crippen LogP contribution in [-0.2, 0) is 0 Å². The standard InChI is InChI=1S/C15H14ClN3O3/c1-10(11-5-3-2-4-6-11)17-15(20)18-12-7-8-13(16)14(9-12)19(21)22/h2-10H,1H3,(H2,17,18,20). The summed E-state index contributed by atoms with van der Waals surface area (Å²) >= 11 is 5.72. The predicted molar refractivity (Wildman–Crippen MR) is 85.1 cm³/mol. The Bertz CT molecular complexity index is 692. The van der Waals surface area contributed by atoms with E-state index in [0.29, 0.717) is 5.69 Å². The number of nitrogens with zero attached hydrogens (tertiary/aromatic N) is 1. The summed E-state index contributed by atoms with van der Waals surface area (Å²) in [6.07, 6.45) is 0. The number of nitro benzene ring substituents is 1. The van der Waals surface area contributed by atoms with E-state index in [1.165, 1.54) is 18.2 Å². The molecule has 22 heavy (non-hydrogen) atoms. The Balaban J connectivity index is 2.03. The van der Waals surface area contributed by atoms with Crippen molar-refractivity contribution in [1.82, 2.24) is 5.32 Å². The van der Waals surface area contributed by atoms with Gasteiger partial charge in [0.2, 0.25) is 0 Å². The molecule has 0 aliphatic heterocycles. The van der Waals surface area contributed by atoms with Crippen LogP contribution in [0.1, 0.15) is 18.5 Å². The summed E-state index contributed by atoms with van der Waals surface area (Å²) in [4.78, 5) is 22.2. The molecule has 1 atom stereocenters. The van der Waals surface area contributed by atoms with E-state index in [1.54, 1.807) is 0 Å². The Labute approximate surface area is 132 Å². The number of hydrogen-bond acceptors (Lipinski definition) is 3. The van der Waals surface area contributed by atoms with Gasteiger partial charge in [0.1, 0.15) is 5.02 Å². The third-order valence-corrected chi connectivity index (χ3v) is 3.37. The van der Waals surface area contributed by atoms with Gasteiger partial charge in [-0.3, -0.25) is 10.1 Å². The fourth-order valence-electron chi connectivity index (χ4n) is 1.92. The molecule has 0 saturated heterocycles. The SMILES string of the molecule is CC(NC(=O)Nc1ccc(Cl)c([N+](=O)[O-])c1)c1ccccc1. The molecular weight excluding hydrogens is 306 g/mol. The van der Waals surface area contributed by atoms with Crippen molar-refractivity contribution < 1.29 is 9.72 Å². The van der Waals surface area contributed by atoms with Crippen molar-refractivity contribution in [3.05, 3.63) is 69.2 Å². The molecule has 0 bridgehead atoms. The van der Waals surface area contributed by atoms with Crippen molar-refractivity contribution in [3.8, 4) is 0 Å². The Kier molecular flexibility index (Phi) is 4.95. The van der Waals surface area contributed by atoms with E-state index in [1.807, 2.05) is 37.3 Å². The summed E-state index contributed by atoms with van der Waals surface area (Å²) in [5.74, 6) is 0. The molecular formula is C15H14ClN3O3. The number of halogens is 1. The maximum absolute atomic E-state index is 11.9. The zero-order valence-electron chi connectivity index (χ0n) is 11.7. The van der Waals surface area contributed by atoms with Gasteiger partial charge in [-0.05, 0) is 24.6 Å². The van der Waals surface area contributed by atoms with Gasteiger partial charge in [-0.1, -0.05) is 41.9 Å². The van der Waals surface area contributed by atoms with Crippen LogP contribution in [0.15, 0.2) is 48.5 Å². The molecule has 2 N–H and O–H groups in total. The highest BCUT2D eigenvalue weighted by Gasteiger charge is 2.14. The molecule has 6 nitrogen and oxygen atoms in total. The van der Waals surface area contributed by atoms with Crippen LogP contribution in [0.5, 0.6) is 0 Å².